The Morgan fingerprint density at radius 3 is 2.05 bits per heavy atom. The summed E-state index contributed by atoms with van der Waals surface area (Å²) in [6.45, 7) is 1.86. The normalized spacial score (nSPS) is 17.3. The summed E-state index contributed by atoms with van der Waals surface area (Å²) in [6.07, 6.45) is -3.21. The van der Waals surface area contributed by atoms with E-state index in [0.717, 1.165) is 30.8 Å². The van der Waals surface area contributed by atoms with Gasteiger partial charge in [-0.1, -0.05) is 0 Å². The predicted octanol–water partition coefficient (Wildman–Crippen LogP) is 2.32. The number of piperidine rings is 1. The molecule has 2 N–H and O–H groups in total. The maximum atomic E-state index is 12.7. The highest BCUT2D eigenvalue weighted by atomic mass is 32.2. The lowest BCUT2D eigenvalue weighted by atomic mass is 10.2. The van der Waals surface area contributed by atoms with E-state index in [1.807, 2.05) is 0 Å². The van der Waals surface area contributed by atoms with E-state index in [0.29, 0.717) is 0 Å². The Hall–Kier alpha value is -1.48. The van der Waals surface area contributed by atoms with Gasteiger partial charge in [0.2, 0.25) is 0 Å². The van der Waals surface area contributed by atoms with Crippen molar-refractivity contribution in [2.24, 2.45) is 0 Å². The van der Waals surface area contributed by atoms with Gasteiger partial charge >= 0.3 is 12.1 Å². The molecule has 0 aromatic heterocycles. The summed E-state index contributed by atoms with van der Waals surface area (Å²) in [5.41, 5.74) is 0. The van der Waals surface area contributed by atoms with Crippen LogP contribution in [0.25, 0.3) is 0 Å². The highest BCUT2D eigenvalue weighted by Crippen LogP contribution is 2.18. The lowest BCUT2D eigenvalue weighted by Gasteiger charge is -2.21. The summed E-state index contributed by atoms with van der Waals surface area (Å²) in [5.74, 6) is -3.03. The molecule has 2 rings (SSSR count). The Kier molecular flexibility index (Phi) is 6.95. The maximum absolute atomic E-state index is 12.7. The van der Waals surface area contributed by atoms with E-state index in [-0.39, 0.29) is 11.1 Å². The Morgan fingerprint density at radius 1 is 1.18 bits per heavy atom. The first-order chi connectivity index (χ1) is 10.2. The van der Waals surface area contributed by atoms with Crippen LogP contribution in [0, 0.1) is 5.82 Å². The summed E-state index contributed by atoms with van der Waals surface area (Å²) in [7, 11) is -0.985. The number of carboxylic acid groups (broad SMARTS) is 1. The molecule has 0 spiro atoms. The molecule has 22 heavy (non-hydrogen) atoms. The van der Waals surface area contributed by atoms with E-state index in [9.17, 15) is 21.8 Å². The number of halogens is 4. The Balaban J connectivity index is 0.000000295. The summed E-state index contributed by atoms with van der Waals surface area (Å²) >= 11 is 0. The molecular weight excluding hydrogens is 326 g/mol. The van der Waals surface area contributed by atoms with Crippen LogP contribution in [-0.4, -0.2) is 39.8 Å². The highest BCUT2D eigenvalue weighted by Gasteiger charge is 2.38. The molecule has 1 saturated heterocycles. The Morgan fingerprint density at radius 2 is 1.64 bits per heavy atom. The van der Waals surface area contributed by atoms with Crippen molar-refractivity contribution in [1.82, 2.24) is 5.32 Å². The average molecular weight is 341 g/mol. The van der Waals surface area contributed by atoms with Gasteiger partial charge in [0, 0.05) is 10.1 Å². The van der Waals surface area contributed by atoms with Gasteiger partial charge in [0.25, 0.3) is 0 Å². The third-order valence-electron chi connectivity index (χ3n) is 2.88. The maximum Gasteiger partial charge on any atom is 0.490 e. The SMILES string of the molecule is O=C(O)C(F)(F)F.O=S(c1ccc(F)cc1)C1CCNCC1. The predicted molar refractivity (Wildman–Crippen MR) is 72.4 cm³/mol. The van der Waals surface area contributed by atoms with Gasteiger partial charge in [-0.3, -0.25) is 4.21 Å². The van der Waals surface area contributed by atoms with Crippen LogP contribution in [0.3, 0.4) is 0 Å². The number of hydrogen-bond acceptors (Lipinski definition) is 3. The quantitative estimate of drug-likeness (QED) is 0.810. The molecule has 0 amide bonds. The summed E-state index contributed by atoms with van der Waals surface area (Å²) in [5, 5.41) is 10.6. The minimum atomic E-state index is -5.08. The fraction of sp³-hybridized carbons (Fsp3) is 0.462. The number of carboxylic acids is 1. The molecule has 124 valence electrons. The van der Waals surface area contributed by atoms with Gasteiger partial charge in [-0.15, -0.1) is 0 Å². The van der Waals surface area contributed by atoms with Crippen molar-refractivity contribution in [2.45, 2.75) is 29.2 Å². The number of rotatable bonds is 2. The minimum Gasteiger partial charge on any atom is -0.475 e. The monoisotopic (exact) mass is 341 g/mol. The number of aliphatic carboxylic acids is 1. The molecule has 1 aliphatic rings. The molecule has 0 radical (unpaired) electrons. The molecule has 1 fully saturated rings. The van der Waals surface area contributed by atoms with Crippen molar-refractivity contribution in [3.63, 3.8) is 0 Å². The second-order valence-electron chi connectivity index (χ2n) is 4.50. The highest BCUT2D eigenvalue weighted by molar-refractivity contribution is 7.85. The van der Waals surface area contributed by atoms with E-state index >= 15 is 0 Å². The van der Waals surface area contributed by atoms with Crippen molar-refractivity contribution in [2.75, 3.05) is 13.1 Å². The lowest BCUT2D eigenvalue weighted by Crippen LogP contribution is -2.33. The van der Waals surface area contributed by atoms with Crippen LogP contribution in [0.15, 0.2) is 29.2 Å². The molecule has 1 unspecified atom stereocenters. The van der Waals surface area contributed by atoms with Crippen molar-refractivity contribution in [3.05, 3.63) is 30.1 Å². The van der Waals surface area contributed by atoms with E-state index < -0.39 is 22.9 Å². The first-order valence-electron chi connectivity index (χ1n) is 6.39. The van der Waals surface area contributed by atoms with Crippen molar-refractivity contribution in [3.8, 4) is 0 Å². The molecular formula is C13H15F4NO3S. The molecule has 0 aliphatic carbocycles. The molecule has 1 aromatic rings. The second kappa shape index (κ2) is 8.23. The van der Waals surface area contributed by atoms with Crippen LogP contribution < -0.4 is 5.32 Å². The fourth-order valence-corrected chi connectivity index (χ4v) is 3.22. The standard InChI is InChI=1S/C11H14FNOS.C2HF3O2/c12-9-1-3-10(4-2-9)15(14)11-5-7-13-8-6-11;3-2(4,5)1(6)7/h1-4,11,13H,5-8H2;(H,6,7). The zero-order chi connectivity index (χ0) is 16.8. The first kappa shape index (κ1) is 18.6. The van der Waals surface area contributed by atoms with Crippen LogP contribution in [0.4, 0.5) is 17.6 Å². The molecule has 1 heterocycles. The third kappa shape index (κ3) is 6.10. The van der Waals surface area contributed by atoms with Crippen molar-refractivity contribution < 1.29 is 31.7 Å². The first-order valence-corrected chi connectivity index (χ1v) is 7.60. The third-order valence-corrected chi connectivity index (χ3v) is 4.69. The zero-order valence-electron chi connectivity index (χ0n) is 11.4. The largest absolute Gasteiger partial charge is 0.490 e. The van der Waals surface area contributed by atoms with Crippen LogP contribution >= 0.6 is 0 Å². The van der Waals surface area contributed by atoms with Crippen molar-refractivity contribution >= 4 is 16.8 Å². The van der Waals surface area contributed by atoms with Gasteiger partial charge in [0.1, 0.15) is 5.82 Å². The number of hydrogen-bond donors (Lipinski definition) is 2. The molecule has 1 aromatic carbocycles. The number of nitrogens with one attached hydrogen (secondary N) is 1. The lowest BCUT2D eigenvalue weighted by molar-refractivity contribution is -0.192. The summed E-state index contributed by atoms with van der Waals surface area (Å²) < 4.78 is 56.5. The average Bonchev–Trinajstić information content (AvgIpc) is 2.48. The minimum absolute atomic E-state index is 0.219. The van der Waals surface area contributed by atoms with Crippen LogP contribution in [0.5, 0.6) is 0 Å². The number of carbonyl (C=O) groups is 1. The second-order valence-corrected chi connectivity index (χ2v) is 6.24. The fourth-order valence-electron chi connectivity index (χ4n) is 1.77. The van der Waals surface area contributed by atoms with Gasteiger partial charge in [-0.2, -0.15) is 13.2 Å². The summed E-state index contributed by atoms with van der Waals surface area (Å²) in [6, 6.07) is 5.98. The van der Waals surface area contributed by atoms with E-state index in [2.05, 4.69) is 5.32 Å². The van der Waals surface area contributed by atoms with Gasteiger partial charge < -0.3 is 10.4 Å². The Labute approximate surface area is 127 Å². The van der Waals surface area contributed by atoms with E-state index in [1.54, 1.807) is 12.1 Å². The zero-order valence-corrected chi connectivity index (χ0v) is 12.2. The van der Waals surface area contributed by atoms with Crippen LogP contribution in [0.2, 0.25) is 0 Å². The topological polar surface area (TPSA) is 66.4 Å². The molecule has 1 atom stereocenters. The van der Waals surface area contributed by atoms with E-state index in [4.69, 9.17) is 9.90 Å². The molecule has 0 bridgehead atoms. The van der Waals surface area contributed by atoms with Gasteiger partial charge in [0.15, 0.2) is 0 Å². The van der Waals surface area contributed by atoms with Gasteiger partial charge in [-0.25, -0.2) is 9.18 Å². The molecule has 4 nitrogen and oxygen atoms in total. The molecule has 0 saturated carbocycles. The van der Waals surface area contributed by atoms with Gasteiger partial charge in [0.05, 0.1) is 10.8 Å². The van der Waals surface area contributed by atoms with Crippen LogP contribution in [0.1, 0.15) is 12.8 Å². The number of alkyl halides is 3. The van der Waals surface area contributed by atoms with Gasteiger partial charge in [-0.05, 0) is 50.2 Å². The van der Waals surface area contributed by atoms with Crippen molar-refractivity contribution in [1.29, 1.82) is 0 Å². The van der Waals surface area contributed by atoms with Crippen LogP contribution in [-0.2, 0) is 15.6 Å². The number of benzene rings is 1. The molecule has 9 heteroatoms. The Bertz CT molecular complexity index is 513. The smallest absolute Gasteiger partial charge is 0.475 e. The summed E-state index contributed by atoms with van der Waals surface area (Å²) in [4.78, 5) is 9.64. The van der Waals surface area contributed by atoms with E-state index in [1.165, 1.54) is 12.1 Å². The molecule has 1 aliphatic heterocycles.